The van der Waals surface area contributed by atoms with Crippen molar-refractivity contribution < 1.29 is 19.2 Å². The number of hydrogen-bond acceptors (Lipinski definition) is 7. The van der Waals surface area contributed by atoms with E-state index in [0.29, 0.717) is 27.7 Å². The molecular formula is C23H34N2O5S. The molecule has 0 saturated heterocycles. The monoisotopic (exact) mass is 450 g/mol. The van der Waals surface area contributed by atoms with Crippen LogP contribution < -0.4 is 4.74 Å². The Morgan fingerprint density at radius 2 is 1.90 bits per heavy atom. The van der Waals surface area contributed by atoms with Crippen LogP contribution >= 0.6 is 11.3 Å². The highest BCUT2D eigenvalue weighted by molar-refractivity contribution is 7.17. The molecule has 0 aliphatic rings. The van der Waals surface area contributed by atoms with Crippen LogP contribution in [0.4, 0.5) is 5.69 Å². The van der Waals surface area contributed by atoms with E-state index in [9.17, 15) is 14.9 Å². The molecule has 0 aliphatic heterocycles. The first kappa shape index (κ1) is 28.3. The van der Waals surface area contributed by atoms with E-state index < -0.39 is 10.9 Å². The van der Waals surface area contributed by atoms with Crippen LogP contribution in [0.5, 0.6) is 5.75 Å². The molecule has 0 spiro atoms. The fourth-order valence-electron chi connectivity index (χ4n) is 2.15. The molecule has 0 atom stereocenters. The normalized spacial score (nSPS) is 9.48. The standard InChI is InChI=1S/C17H20N2O5S.C3H8.C3H6/c1-4-6-9-24-14-8-7-12(10-13(14)19(21)22)16-18-11(3)15(25-16)17(20)23-5-2;2*1-3-2/h7-8,10H,4-6,9H2,1-3H3;3H2,1-2H3;3H,1H2,2H3. The summed E-state index contributed by atoms with van der Waals surface area (Å²) in [6.45, 7) is 15.7. The first-order valence-corrected chi connectivity index (χ1v) is 11.3. The number of unbranched alkanes of at least 4 members (excludes halogenated alkanes) is 1. The van der Waals surface area contributed by atoms with E-state index in [4.69, 9.17) is 9.47 Å². The molecule has 0 saturated carbocycles. The van der Waals surface area contributed by atoms with Gasteiger partial charge in [-0.1, -0.05) is 39.7 Å². The van der Waals surface area contributed by atoms with Gasteiger partial charge in [-0.3, -0.25) is 10.1 Å². The second kappa shape index (κ2) is 16.0. The number of aryl methyl sites for hydroxylation is 1. The van der Waals surface area contributed by atoms with Gasteiger partial charge in [-0.15, -0.1) is 17.9 Å². The molecule has 2 aromatic rings. The third-order valence-corrected chi connectivity index (χ3v) is 4.60. The molecule has 0 N–H and O–H groups in total. The predicted molar refractivity (Wildman–Crippen MR) is 127 cm³/mol. The number of carbonyl (C=O) groups is 1. The molecule has 0 fully saturated rings. The van der Waals surface area contributed by atoms with E-state index in [0.717, 1.165) is 24.2 Å². The molecule has 7 nitrogen and oxygen atoms in total. The molecule has 1 heterocycles. The highest BCUT2D eigenvalue weighted by atomic mass is 32.1. The van der Waals surface area contributed by atoms with Crippen LogP contribution in [0.1, 0.15) is 69.2 Å². The average molecular weight is 451 g/mol. The van der Waals surface area contributed by atoms with E-state index in [1.807, 2.05) is 13.8 Å². The Labute approximate surface area is 189 Å². The van der Waals surface area contributed by atoms with E-state index in [1.165, 1.54) is 12.5 Å². The Bertz CT molecular complexity index is 833. The second-order valence-electron chi connectivity index (χ2n) is 6.41. The molecule has 8 heteroatoms. The van der Waals surface area contributed by atoms with Crippen LogP contribution in [0.2, 0.25) is 0 Å². The van der Waals surface area contributed by atoms with Gasteiger partial charge in [0, 0.05) is 11.6 Å². The summed E-state index contributed by atoms with van der Waals surface area (Å²) in [5.74, 6) is -0.195. The lowest BCUT2D eigenvalue weighted by Gasteiger charge is -2.07. The van der Waals surface area contributed by atoms with Gasteiger partial charge in [0.25, 0.3) is 0 Å². The van der Waals surface area contributed by atoms with Crippen molar-refractivity contribution in [2.24, 2.45) is 0 Å². The van der Waals surface area contributed by atoms with Crippen molar-refractivity contribution in [2.75, 3.05) is 13.2 Å². The van der Waals surface area contributed by atoms with E-state index >= 15 is 0 Å². The Morgan fingerprint density at radius 1 is 1.29 bits per heavy atom. The first-order valence-electron chi connectivity index (χ1n) is 10.4. The molecule has 0 bridgehead atoms. The van der Waals surface area contributed by atoms with Crippen molar-refractivity contribution in [1.29, 1.82) is 0 Å². The maximum atomic E-state index is 11.9. The van der Waals surface area contributed by atoms with Crippen LogP contribution in [0.25, 0.3) is 10.6 Å². The number of benzene rings is 1. The number of hydrogen-bond donors (Lipinski definition) is 0. The minimum Gasteiger partial charge on any atom is -0.487 e. The first-order chi connectivity index (χ1) is 14.8. The van der Waals surface area contributed by atoms with Gasteiger partial charge in [-0.25, -0.2) is 9.78 Å². The van der Waals surface area contributed by atoms with E-state index in [2.05, 4.69) is 25.4 Å². The second-order valence-corrected chi connectivity index (χ2v) is 7.41. The molecule has 0 amide bonds. The number of nitrogens with zero attached hydrogens (tertiary/aromatic N) is 2. The fraction of sp³-hybridized carbons (Fsp3) is 0.478. The maximum Gasteiger partial charge on any atom is 0.350 e. The van der Waals surface area contributed by atoms with Crippen LogP contribution in [0.3, 0.4) is 0 Å². The minimum absolute atomic E-state index is 0.112. The molecule has 172 valence electrons. The van der Waals surface area contributed by atoms with Crippen molar-refractivity contribution in [3.63, 3.8) is 0 Å². The van der Waals surface area contributed by atoms with Gasteiger partial charge in [0.05, 0.1) is 23.8 Å². The number of rotatable bonds is 8. The fourth-order valence-corrected chi connectivity index (χ4v) is 3.10. The summed E-state index contributed by atoms with van der Waals surface area (Å²) in [5, 5.41) is 11.9. The van der Waals surface area contributed by atoms with Crippen LogP contribution in [-0.2, 0) is 4.74 Å². The number of carbonyl (C=O) groups excluding carboxylic acids is 1. The number of esters is 1. The number of thiazole rings is 1. The highest BCUT2D eigenvalue weighted by Gasteiger charge is 2.21. The minimum atomic E-state index is -0.475. The van der Waals surface area contributed by atoms with Crippen LogP contribution in [0.15, 0.2) is 30.9 Å². The molecule has 31 heavy (non-hydrogen) atoms. The zero-order valence-electron chi connectivity index (χ0n) is 19.4. The summed E-state index contributed by atoms with van der Waals surface area (Å²) in [4.78, 5) is 27.5. The number of aromatic nitrogens is 1. The molecule has 0 aliphatic carbocycles. The number of nitro benzene ring substituents is 1. The van der Waals surface area contributed by atoms with E-state index in [-0.39, 0.29) is 18.0 Å². The van der Waals surface area contributed by atoms with Crippen molar-refractivity contribution in [2.45, 2.75) is 60.8 Å². The maximum absolute atomic E-state index is 11.9. The molecule has 2 rings (SSSR count). The molecular weight excluding hydrogens is 416 g/mol. The molecule has 0 unspecified atom stereocenters. The summed E-state index contributed by atoms with van der Waals surface area (Å²) in [7, 11) is 0. The van der Waals surface area contributed by atoms with Gasteiger partial charge in [-0.05, 0) is 39.3 Å². The topological polar surface area (TPSA) is 91.6 Å². The molecule has 1 aromatic carbocycles. The summed E-state index contributed by atoms with van der Waals surface area (Å²) in [5.41, 5.74) is 1.00. The average Bonchev–Trinajstić information content (AvgIpc) is 3.11. The SMILES string of the molecule is C=CC.CCC.CCCCOc1ccc(-c2nc(C)c(C(=O)OCC)s2)cc1[N+](=O)[O-]. The highest BCUT2D eigenvalue weighted by Crippen LogP contribution is 2.35. The number of ether oxygens (including phenoxy) is 2. The van der Waals surface area contributed by atoms with Crippen LogP contribution in [0, 0.1) is 17.0 Å². The summed E-state index contributed by atoms with van der Waals surface area (Å²) in [6.07, 6.45) is 4.77. The van der Waals surface area contributed by atoms with Gasteiger partial charge in [0.1, 0.15) is 9.88 Å². The van der Waals surface area contributed by atoms with Gasteiger partial charge in [-0.2, -0.15) is 0 Å². The van der Waals surface area contributed by atoms with Crippen molar-refractivity contribution in [1.82, 2.24) is 4.98 Å². The Balaban J connectivity index is 0.00000134. The lowest BCUT2D eigenvalue weighted by Crippen LogP contribution is -2.03. The number of nitro groups is 1. The zero-order chi connectivity index (χ0) is 23.8. The summed E-state index contributed by atoms with van der Waals surface area (Å²) in [6, 6.07) is 4.71. The van der Waals surface area contributed by atoms with Crippen LogP contribution in [-0.4, -0.2) is 29.1 Å². The third-order valence-electron chi connectivity index (χ3n) is 3.42. The van der Waals surface area contributed by atoms with Crippen molar-refractivity contribution in [3.8, 4) is 16.3 Å². The Morgan fingerprint density at radius 3 is 2.42 bits per heavy atom. The predicted octanol–water partition coefficient (Wildman–Crippen LogP) is 6.99. The largest absolute Gasteiger partial charge is 0.487 e. The van der Waals surface area contributed by atoms with Gasteiger partial charge in [0.15, 0.2) is 5.75 Å². The zero-order valence-corrected chi connectivity index (χ0v) is 20.2. The van der Waals surface area contributed by atoms with Crippen molar-refractivity contribution >= 4 is 23.0 Å². The Kier molecular flexibility index (Phi) is 14.6. The molecule has 0 radical (unpaired) electrons. The Hall–Kier alpha value is -2.74. The molecule has 1 aromatic heterocycles. The van der Waals surface area contributed by atoms with Gasteiger partial charge in [0.2, 0.25) is 0 Å². The lowest BCUT2D eigenvalue weighted by atomic mass is 10.2. The van der Waals surface area contributed by atoms with Gasteiger partial charge < -0.3 is 9.47 Å². The van der Waals surface area contributed by atoms with Gasteiger partial charge >= 0.3 is 11.7 Å². The third kappa shape index (κ3) is 9.74. The van der Waals surface area contributed by atoms with Crippen molar-refractivity contribution in [3.05, 3.63) is 51.5 Å². The lowest BCUT2D eigenvalue weighted by molar-refractivity contribution is -0.385. The smallest absolute Gasteiger partial charge is 0.350 e. The summed E-state index contributed by atoms with van der Waals surface area (Å²) < 4.78 is 10.5. The van der Waals surface area contributed by atoms with E-state index in [1.54, 1.807) is 32.1 Å². The number of allylic oxidation sites excluding steroid dienone is 1. The summed E-state index contributed by atoms with van der Waals surface area (Å²) >= 11 is 1.16. The quantitative estimate of drug-likeness (QED) is 0.141.